The molecule has 0 saturated heterocycles. The molecule has 1 saturated carbocycles. The van der Waals surface area contributed by atoms with Crippen LogP contribution in [0.3, 0.4) is 0 Å². The lowest BCUT2D eigenvalue weighted by molar-refractivity contribution is -0.288. The number of methoxy groups -OCH3 is 2. The smallest absolute Gasteiger partial charge is 0.338 e. The highest BCUT2D eigenvalue weighted by atomic mass is 32.2. The number of carbonyl (C=O) groups is 2. The number of benzene rings is 1. The van der Waals surface area contributed by atoms with Gasteiger partial charge in [-0.05, 0) is 56.0 Å². The minimum atomic E-state index is -4.32. The number of carbonyl (C=O) groups excluding carboxylic acids is 2. The number of fused-ring (bicyclic) bond motifs is 1. The van der Waals surface area contributed by atoms with E-state index < -0.39 is 40.2 Å². The highest BCUT2D eigenvalue weighted by molar-refractivity contribution is 7.86. The fourth-order valence-corrected chi connectivity index (χ4v) is 10.8. The van der Waals surface area contributed by atoms with Gasteiger partial charge in [-0.1, -0.05) is 50.3 Å². The largest absolute Gasteiger partial charge is 0.383 e. The van der Waals surface area contributed by atoms with E-state index >= 15 is 0 Å². The zero-order chi connectivity index (χ0) is 27.1. The van der Waals surface area contributed by atoms with Crippen molar-refractivity contribution in [3.63, 3.8) is 0 Å². The number of Topliss-reactive ketones (excluding diaryl/α,β-unsaturated/α-hetero) is 1. The summed E-state index contributed by atoms with van der Waals surface area (Å²) >= 11 is 0. The summed E-state index contributed by atoms with van der Waals surface area (Å²) < 4.78 is 45.4. The second-order valence-electron chi connectivity index (χ2n) is 11.7. The molecule has 4 unspecified atom stereocenters. The number of allylic oxidation sites excluding steroid dienone is 3. The van der Waals surface area contributed by atoms with Crippen LogP contribution in [0.2, 0.25) is 19.6 Å². The van der Waals surface area contributed by atoms with Crippen LogP contribution in [0.4, 0.5) is 0 Å². The van der Waals surface area contributed by atoms with Crippen LogP contribution in [-0.4, -0.2) is 48.6 Å². The van der Waals surface area contributed by atoms with Gasteiger partial charge >= 0.3 is 10.1 Å². The first-order chi connectivity index (χ1) is 16.6. The number of hydrogen-bond donors (Lipinski definition) is 0. The van der Waals surface area contributed by atoms with Crippen molar-refractivity contribution < 1.29 is 31.7 Å². The average Bonchev–Trinajstić information content (AvgIpc) is 3.15. The summed E-state index contributed by atoms with van der Waals surface area (Å²) in [6.07, 6.45) is 3.35. The Balaban J connectivity index is 2.19. The van der Waals surface area contributed by atoms with Crippen LogP contribution in [0.15, 0.2) is 51.8 Å². The molecule has 5 rings (SSSR count). The molecule has 4 aliphatic carbocycles. The fraction of sp³-hybridized carbons (Fsp3) is 0.556. The van der Waals surface area contributed by atoms with Crippen molar-refractivity contribution in [3.8, 4) is 0 Å². The molecule has 0 amide bonds. The Kier molecular flexibility index (Phi) is 5.97. The predicted molar refractivity (Wildman–Crippen MR) is 138 cm³/mol. The topological polar surface area (TPSA) is 96.0 Å². The highest BCUT2D eigenvalue weighted by Crippen LogP contribution is 2.76. The van der Waals surface area contributed by atoms with Gasteiger partial charge < -0.3 is 18.5 Å². The first-order valence-corrected chi connectivity index (χ1v) is 17.1. The quantitative estimate of drug-likeness (QED) is 0.167. The molecule has 0 N–H and O–H groups in total. The summed E-state index contributed by atoms with van der Waals surface area (Å²) in [4.78, 5) is 27.7. The summed E-state index contributed by atoms with van der Waals surface area (Å²) in [5.41, 5.74) is -2.56. The SMILES string of the molecule is COC1(OC)C(=O)C23C(=CCC2C)C(C)(C=O)C1(C)C(OS(=O)(=O)c1ccc(C)cc1)=C3[Si](C)(C)C. The average molecular weight is 533 g/mol. The molecule has 0 heterocycles. The minimum Gasteiger partial charge on any atom is -0.383 e. The Morgan fingerprint density at radius 3 is 2.08 bits per heavy atom. The number of hydrogen-bond acceptors (Lipinski definition) is 7. The van der Waals surface area contributed by atoms with Crippen molar-refractivity contribution in [1.29, 1.82) is 0 Å². The van der Waals surface area contributed by atoms with E-state index in [2.05, 4.69) is 19.6 Å². The van der Waals surface area contributed by atoms with Gasteiger partial charge in [0.2, 0.25) is 11.6 Å². The van der Waals surface area contributed by atoms with Gasteiger partial charge in [-0.25, -0.2) is 0 Å². The van der Waals surface area contributed by atoms with Gasteiger partial charge in [-0.15, -0.1) is 0 Å². The van der Waals surface area contributed by atoms with Crippen molar-refractivity contribution in [2.75, 3.05) is 14.2 Å². The lowest BCUT2D eigenvalue weighted by Crippen LogP contribution is -2.78. The summed E-state index contributed by atoms with van der Waals surface area (Å²) in [5, 5.41) is 0.693. The predicted octanol–water partition coefficient (Wildman–Crippen LogP) is 4.58. The van der Waals surface area contributed by atoms with Crippen molar-refractivity contribution >= 4 is 30.3 Å². The number of aldehydes is 1. The molecule has 1 aromatic rings. The van der Waals surface area contributed by atoms with Crippen molar-refractivity contribution in [3.05, 3.63) is 52.4 Å². The number of rotatable bonds is 7. The molecule has 1 aromatic carbocycles. The molecule has 0 radical (unpaired) electrons. The Morgan fingerprint density at radius 2 is 1.61 bits per heavy atom. The summed E-state index contributed by atoms with van der Waals surface area (Å²) in [6.45, 7) is 13.4. The van der Waals surface area contributed by atoms with Crippen molar-refractivity contribution in [2.45, 2.75) is 64.4 Å². The molecule has 36 heavy (non-hydrogen) atoms. The third-order valence-electron chi connectivity index (χ3n) is 8.89. The van der Waals surface area contributed by atoms with Crippen LogP contribution in [0.25, 0.3) is 0 Å². The van der Waals surface area contributed by atoms with Crippen LogP contribution < -0.4 is 0 Å². The summed E-state index contributed by atoms with van der Waals surface area (Å²) in [6, 6.07) is 6.39. The minimum absolute atomic E-state index is 0.00660. The van der Waals surface area contributed by atoms with Crippen LogP contribution in [0.5, 0.6) is 0 Å². The van der Waals surface area contributed by atoms with E-state index in [0.29, 0.717) is 17.2 Å². The van der Waals surface area contributed by atoms with E-state index in [1.54, 1.807) is 26.0 Å². The van der Waals surface area contributed by atoms with Gasteiger partial charge in [0.15, 0.2) is 0 Å². The molecule has 196 valence electrons. The summed E-state index contributed by atoms with van der Waals surface area (Å²) in [5.74, 6) is -2.36. The Morgan fingerprint density at radius 1 is 1.06 bits per heavy atom. The van der Waals surface area contributed by atoms with Gasteiger partial charge in [0.25, 0.3) is 0 Å². The van der Waals surface area contributed by atoms with Crippen molar-refractivity contribution in [2.24, 2.45) is 22.2 Å². The monoisotopic (exact) mass is 532 g/mol. The zero-order valence-corrected chi connectivity index (χ0v) is 24.3. The molecule has 1 spiro atoms. The standard InChI is InChI=1S/C27H36O7SSi/c1-17-10-13-19(14-11-17)35(30,31)34-21-22(36(7,8)9)26-18(2)12-15-20(26)24(3,16-28)25(21,4)27(32-5,33-6)23(26)29/h10-11,13-16,18H,12H2,1-9H3. The number of ketones is 1. The molecule has 1 fully saturated rings. The van der Waals surface area contributed by atoms with E-state index in [9.17, 15) is 18.0 Å². The lowest BCUT2D eigenvalue weighted by Gasteiger charge is -2.68. The third-order valence-corrected chi connectivity index (χ3v) is 12.2. The van der Waals surface area contributed by atoms with E-state index in [1.807, 2.05) is 19.9 Å². The maximum Gasteiger partial charge on any atom is 0.338 e. The molecule has 7 nitrogen and oxygen atoms in total. The van der Waals surface area contributed by atoms with Gasteiger partial charge in [-0.3, -0.25) is 4.79 Å². The zero-order valence-electron chi connectivity index (χ0n) is 22.5. The third kappa shape index (κ3) is 2.88. The first-order valence-electron chi connectivity index (χ1n) is 12.2. The van der Waals surface area contributed by atoms with E-state index in [1.165, 1.54) is 26.4 Å². The molecule has 9 heteroatoms. The van der Waals surface area contributed by atoms with Gasteiger partial charge in [0.05, 0.1) is 18.9 Å². The second kappa shape index (κ2) is 7.96. The number of ether oxygens (including phenoxy) is 2. The maximum atomic E-state index is 14.6. The molecule has 4 aliphatic rings. The molecule has 0 aromatic heterocycles. The Hall–Kier alpha value is -2.07. The van der Waals surface area contributed by atoms with Gasteiger partial charge in [0.1, 0.15) is 22.4 Å². The maximum absolute atomic E-state index is 14.6. The first kappa shape index (κ1) is 27.0. The van der Waals surface area contributed by atoms with Crippen LogP contribution in [0.1, 0.15) is 32.8 Å². The Bertz CT molecular complexity index is 1300. The highest BCUT2D eigenvalue weighted by Gasteiger charge is 2.84. The second-order valence-corrected chi connectivity index (χ2v) is 18.2. The molecule has 2 bridgehead atoms. The van der Waals surface area contributed by atoms with Crippen LogP contribution >= 0.6 is 0 Å². The molecule has 0 aliphatic heterocycles. The molecule has 4 atom stereocenters. The lowest BCUT2D eigenvalue weighted by atomic mass is 9.40. The Labute approximate surface area is 215 Å². The van der Waals surface area contributed by atoms with Gasteiger partial charge in [0, 0.05) is 14.2 Å². The summed E-state index contributed by atoms with van der Waals surface area (Å²) in [7, 11) is -4.07. The fourth-order valence-electron chi connectivity index (χ4n) is 7.05. The van der Waals surface area contributed by atoms with E-state index in [-0.39, 0.29) is 22.4 Å². The van der Waals surface area contributed by atoms with E-state index in [4.69, 9.17) is 13.7 Å². The van der Waals surface area contributed by atoms with Crippen LogP contribution in [0, 0.1) is 29.1 Å². The molecular weight excluding hydrogens is 496 g/mol. The molecular formula is C27H36O7SSi. The normalized spacial score (nSPS) is 33.4. The number of aryl methyl sites for hydroxylation is 1. The van der Waals surface area contributed by atoms with E-state index in [0.717, 1.165) is 11.8 Å². The van der Waals surface area contributed by atoms with Crippen molar-refractivity contribution in [1.82, 2.24) is 0 Å². The van der Waals surface area contributed by atoms with Crippen LogP contribution in [-0.2, 0) is 33.4 Å². The van der Waals surface area contributed by atoms with Gasteiger partial charge in [-0.2, -0.15) is 8.42 Å².